The fourth-order valence-electron chi connectivity index (χ4n) is 1.43. The normalized spacial score (nSPS) is 11.8. The highest BCUT2D eigenvalue weighted by Crippen LogP contribution is 2.24. The van der Waals surface area contributed by atoms with Crippen molar-refractivity contribution in [2.45, 2.75) is 17.7 Å². The number of hydrogen-bond acceptors (Lipinski definition) is 3. The highest BCUT2D eigenvalue weighted by Gasteiger charge is 2.23. The molecule has 0 heterocycles. The van der Waals surface area contributed by atoms with Crippen molar-refractivity contribution in [2.75, 3.05) is 13.6 Å². The first kappa shape index (κ1) is 15.9. The minimum absolute atomic E-state index is 0.0440. The Bertz CT molecular complexity index is 576. The van der Waals surface area contributed by atoms with Crippen molar-refractivity contribution >= 4 is 27.6 Å². The molecule has 1 aromatic carbocycles. The summed E-state index contributed by atoms with van der Waals surface area (Å²) < 4.78 is 38.1. The molecule has 0 spiro atoms. The Balaban J connectivity index is 2.87. The zero-order valence-electron chi connectivity index (χ0n) is 10.1. The van der Waals surface area contributed by atoms with E-state index in [1.165, 1.54) is 7.05 Å². The molecule has 0 aliphatic carbocycles. The van der Waals surface area contributed by atoms with Crippen molar-refractivity contribution in [1.82, 2.24) is 4.31 Å². The second-order valence-electron chi connectivity index (χ2n) is 3.90. The van der Waals surface area contributed by atoms with Gasteiger partial charge in [-0.1, -0.05) is 11.6 Å². The van der Waals surface area contributed by atoms with Gasteiger partial charge in [0.05, 0.1) is 5.02 Å². The van der Waals surface area contributed by atoms with Gasteiger partial charge in [0.25, 0.3) is 0 Å². The van der Waals surface area contributed by atoms with Crippen LogP contribution >= 0.6 is 11.6 Å². The summed E-state index contributed by atoms with van der Waals surface area (Å²) in [5.41, 5.74) is 0. The van der Waals surface area contributed by atoms with E-state index in [0.29, 0.717) is 0 Å². The molecular formula is C11H13ClFNO4S. The minimum Gasteiger partial charge on any atom is -0.481 e. The van der Waals surface area contributed by atoms with E-state index in [-0.39, 0.29) is 29.3 Å². The van der Waals surface area contributed by atoms with Gasteiger partial charge in [-0.2, -0.15) is 0 Å². The molecule has 8 heteroatoms. The Morgan fingerprint density at radius 3 is 2.63 bits per heavy atom. The first-order valence-corrected chi connectivity index (χ1v) is 7.20. The summed E-state index contributed by atoms with van der Waals surface area (Å²) in [4.78, 5) is 10.2. The van der Waals surface area contributed by atoms with Crippen LogP contribution in [0.1, 0.15) is 12.8 Å². The second-order valence-corrected chi connectivity index (χ2v) is 6.32. The van der Waals surface area contributed by atoms with Crippen molar-refractivity contribution in [1.29, 1.82) is 0 Å². The number of sulfonamides is 1. The third-order valence-electron chi connectivity index (χ3n) is 2.45. The van der Waals surface area contributed by atoms with Crippen LogP contribution in [0.4, 0.5) is 4.39 Å². The molecule has 1 rings (SSSR count). The summed E-state index contributed by atoms with van der Waals surface area (Å²) in [5.74, 6) is -1.62. The van der Waals surface area contributed by atoms with Crippen molar-refractivity contribution < 1.29 is 22.7 Å². The number of hydrogen-bond donors (Lipinski definition) is 1. The zero-order chi connectivity index (χ0) is 14.6. The minimum atomic E-state index is -3.84. The smallest absolute Gasteiger partial charge is 0.303 e. The zero-order valence-corrected chi connectivity index (χ0v) is 11.7. The highest BCUT2D eigenvalue weighted by molar-refractivity contribution is 7.89. The largest absolute Gasteiger partial charge is 0.481 e. The van der Waals surface area contributed by atoms with Crippen LogP contribution < -0.4 is 0 Å². The topological polar surface area (TPSA) is 74.7 Å². The number of aliphatic carboxylic acids is 1. The molecule has 1 aromatic rings. The van der Waals surface area contributed by atoms with Crippen LogP contribution in [-0.4, -0.2) is 37.4 Å². The van der Waals surface area contributed by atoms with E-state index in [0.717, 1.165) is 22.5 Å². The molecular weight excluding hydrogens is 297 g/mol. The SMILES string of the molecule is CN(CCCC(=O)O)S(=O)(=O)c1ccc(F)cc1Cl. The van der Waals surface area contributed by atoms with Crippen molar-refractivity contribution in [3.8, 4) is 0 Å². The monoisotopic (exact) mass is 309 g/mol. The molecule has 0 saturated heterocycles. The molecule has 0 bridgehead atoms. The lowest BCUT2D eigenvalue weighted by molar-refractivity contribution is -0.137. The van der Waals surface area contributed by atoms with Gasteiger partial charge in [0, 0.05) is 20.0 Å². The molecule has 0 radical (unpaired) electrons. The van der Waals surface area contributed by atoms with Crippen molar-refractivity contribution in [3.05, 3.63) is 29.0 Å². The van der Waals surface area contributed by atoms with Gasteiger partial charge in [0.2, 0.25) is 10.0 Å². The summed E-state index contributed by atoms with van der Waals surface area (Å²) in [6.45, 7) is 0.0440. The van der Waals surface area contributed by atoms with Crippen LogP contribution in [0.15, 0.2) is 23.1 Å². The molecule has 5 nitrogen and oxygen atoms in total. The van der Waals surface area contributed by atoms with Crippen molar-refractivity contribution in [2.24, 2.45) is 0 Å². The molecule has 0 aliphatic rings. The van der Waals surface area contributed by atoms with E-state index in [4.69, 9.17) is 16.7 Å². The second kappa shape index (κ2) is 6.31. The standard InChI is InChI=1S/C11H13ClFNO4S/c1-14(6-2-3-11(15)16)19(17,18)10-5-4-8(13)7-9(10)12/h4-5,7H,2-3,6H2,1H3,(H,15,16). The molecule has 0 amide bonds. The summed E-state index contributed by atoms with van der Waals surface area (Å²) in [6, 6.07) is 3.00. The third kappa shape index (κ3) is 4.15. The Morgan fingerprint density at radius 1 is 1.47 bits per heavy atom. The van der Waals surface area contributed by atoms with Gasteiger partial charge in [-0.05, 0) is 24.6 Å². The number of nitrogens with zero attached hydrogens (tertiary/aromatic N) is 1. The first-order valence-electron chi connectivity index (χ1n) is 5.38. The van der Waals surface area contributed by atoms with Gasteiger partial charge in [-0.15, -0.1) is 0 Å². The molecule has 19 heavy (non-hydrogen) atoms. The quantitative estimate of drug-likeness (QED) is 0.871. The Morgan fingerprint density at radius 2 is 2.11 bits per heavy atom. The number of carbonyl (C=O) groups is 1. The van der Waals surface area contributed by atoms with E-state index in [1.807, 2.05) is 0 Å². The van der Waals surface area contributed by atoms with E-state index in [2.05, 4.69) is 0 Å². The van der Waals surface area contributed by atoms with E-state index in [1.54, 1.807) is 0 Å². The Hall–Kier alpha value is -1.18. The molecule has 0 atom stereocenters. The Kier molecular flexibility index (Phi) is 5.28. The van der Waals surface area contributed by atoms with Gasteiger partial charge in [0.15, 0.2) is 0 Å². The van der Waals surface area contributed by atoms with Crippen LogP contribution in [-0.2, 0) is 14.8 Å². The fourth-order valence-corrected chi connectivity index (χ4v) is 3.14. The molecule has 0 fully saturated rings. The van der Waals surface area contributed by atoms with Crippen LogP contribution in [0.2, 0.25) is 5.02 Å². The molecule has 0 aliphatic heterocycles. The lowest BCUT2D eigenvalue weighted by Gasteiger charge is -2.17. The van der Waals surface area contributed by atoms with E-state index >= 15 is 0 Å². The average Bonchev–Trinajstić information content (AvgIpc) is 2.27. The first-order chi connectivity index (χ1) is 8.75. The summed E-state index contributed by atoms with van der Waals surface area (Å²) in [6.07, 6.45) is 0.0564. The predicted octanol–water partition coefficient (Wildman–Crippen LogP) is 1.96. The maximum absolute atomic E-state index is 12.9. The lowest BCUT2D eigenvalue weighted by atomic mass is 10.3. The predicted molar refractivity (Wildman–Crippen MR) is 68.1 cm³/mol. The lowest BCUT2D eigenvalue weighted by Crippen LogP contribution is -2.28. The van der Waals surface area contributed by atoms with E-state index in [9.17, 15) is 17.6 Å². The molecule has 0 unspecified atom stereocenters. The van der Waals surface area contributed by atoms with E-state index < -0.39 is 21.8 Å². The van der Waals surface area contributed by atoms with Crippen LogP contribution in [0, 0.1) is 5.82 Å². The Labute approximate surface area is 115 Å². The number of halogens is 2. The summed E-state index contributed by atoms with van der Waals surface area (Å²) in [5, 5.41) is 8.29. The number of rotatable bonds is 6. The fraction of sp³-hybridized carbons (Fsp3) is 0.364. The van der Waals surface area contributed by atoms with Crippen LogP contribution in [0.5, 0.6) is 0 Å². The molecule has 0 saturated carbocycles. The number of benzene rings is 1. The summed E-state index contributed by atoms with van der Waals surface area (Å²) >= 11 is 5.70. The molecule has 1 N–H and O–H groups in total. The van der Waals surface area contributed by atoms with Gasteiger partial charge in [-0.25, -0.2) is 17.1 Å². The van der Waals surface area contributed by atoms with Crippen LogP contribution in [0.3, 0.4) is 0 Å². The number of carboxylic acids is 1. The van der Waals surface area contributed by atoms with Gasteiger partial charge < -0.3 is 5.11 Å². The van der Waals surface area contributed by atoms with Crippen molar-refractivity contribution in [3.63, 3.8) is 0 Å². The molecule has 0 aromatic heterocycles. The van der Waals surface area contributed by atoms with Gasteiger partial charge in [0.1, 0.15) is 10.7 Å². The highest BCUT2D eigenvalue weighted by atomic mass is 35.5. The average molecular weight is 310 g/mol. The third-order valence-corrected chi connectivity index (χ3v) is 4.79. The van der Waals surface area contributed by atoms with Gasteiger partial charge in [-0.3, -0.25) is 4.79 Å². The maximum Gasteiger partial charge on any atom is 0.303 e. The van der Waals surface area contributed by atoms with Crippen LogP contribution in [0.25, 0.3) is 0 Å². The summed E-state index contributed by atoms with van der Waals surface area (Å²) in [7, 11) is -2.53. The van der Waals surface area contributed by atoms with Gasteiger partial charge >= 0.3 is 5.97 Å². The molecule has 106 valence electrons. The maximum atomic E-state index is 12.9. The number of carboxylic acid groups (broad SMARTS) is 1.